The standard InChI is InChI=1S/C15H22N2OS/c1-10(12-4-8-14(19-3)9-5-12)16-11(2)15(18)17-13-6-7-13/h4-5,8-11,13,16H,6-7H2,1-3H3,(H,17,18). The van der Waals surface area contributed by atoms with E-state index >= 15 is 0 Å². The molecular weight excluding hydrogens is 256 g/mol. The Hall–Kier alpha value is -1.00. The number of carbonyl (C=O) groups excluding carboxylic acids is 1. The third-order valence-corrected chi connectivity index (χ3v) is 4.18. The van der Waals surface area contributed by atoms with E-state index in [-0.39, 0.29) is 18.0 Å². The molecule has 2 unspecified atom stereocenters. The van der Waals surface area contributed by atoms with Gasteiger partial charge in [0.05, 0.1) is 6.04 Å². The summed E-state index contributed by atoms with van der Waals surface area (Å²) in [7, 11) is 0. The lowest BCUT2D eigenvalue weighted by molar-refractivity contribution is -0.123. The fourth-order valence-corrected chi connectivity index (χ4v) is 2.40. The third kappa shape index (κ3) is 4.25. The maximum Gasteiger partial charge on any atom is 0.237 e. The first-order valence-electron chi connectivity index (χ1n) is 6.80. The maximum absolute atomic E-state index is 11.9. The smallest absolute Gasteiger partial charge is 0.237 e. The molecule has 0 spiro atoms. The zero-order chi connectivity index (χ0) is 13.8. The van der Waals surface area contributed by atoms with Crippen LogP contribution in [0.2, 0.25) is 0 Å². The molecule has 0 aromatic heterocycles. The predicted molar refractivity (Wildman–Crippen MR) is 80.4 cm³/mol. The molecule has 2 atom stereocenters. The number of rotatable bonds is 6. The molecule has 0 heterocycles. The monoisotopic (exact) mass is 278 g/mol. The van der Waals surface area contributed by atoms with Crippen LogP contribution in [0.3, 0.4) is 0 Å². The minimum atomic E-state index is -0.157. The van der Waals surface area contributed by atoms with Crippen molar-refractivity contribution in [3.8, 4) is 0 Å². The summed E-state index contributed by atoms with van der Waals surface area (Å²) in [6.07, 6.45) is 4.33. The minimum Gasteiger partial charge on any atom is -0.352 e. The predicted octanol–water partition coefficient (Wildman–Crippen LogP) is 2.73. The van der Waals surface area contributed by atoms with E-state index in [2.05, 4.69) is 48.1 Å². The van der Waals surface area contributed by atoms with Crippen LogP contribution in [0.4, 0.5) is 0 Å². The van der Waals surface area contributed by atoms with Crippen LogP contribution in [0, 0.1) is 0 Å². The first-order chi connectivity index (χ1) is 9.10. The van der Waals surface area contributed by atoms with Crippen LogP contribution in [0.25, 0.3) is 0 Å². The van der Waals surface area contributed by atoms with Crippen LogP contribution in [0.15, 0.2) is 29.2 Å². The highest BCUT2D eigenvalue weighted by Gasteiger charge is 2.26. The zero-order valence-electron chi connectivity index (χ0n) is 11.8. The Balaban J connectivity index is 1.87. The number of thioether (sulfide) groups is 1. The van der Waals surface area contributed by atoms with Gasteiger partial charge in [0.25, 0.3) is 0 Å². The van der Waals surface area contributed by atoms with Crippen LogP contribution in [-0.4, -0.2) is 24.2 Å². The Bertz CT molecular complexity index is 428. The molecule has 1 aliphatic carbocycles. The quantitative estimate of drug-likeness (QED) is 0.786. The van der Waals surface area contributed by atoms with Gasteiger partial charge in [-0.2, -0.15) is 0 Å². The molecule has 2 N–H and O–H groups in total. The van der Waals surface area contributed by atoms with Crippen molar-refractivity contribution in [2.24, 2.45) is 0 Å². The van der Waals surface area contributed by atoms with E-state index < -0.39 is 0 Å². The van der Waals surface area contributed by atoms with Gasteiger partial charge >= 0.3 is 0 Å². The van der Waals surface area contributed by atoms with Crippen molar-refractivity contribution in [2.75, 3.05) is 6.26 Å². The van der Waals surface area contributed by atoms with Crippen molar-refractivity contribution in [3.63, 3.8) is 0 Å². The second-order valence-corrected chi connectivity index (χ2v) is 6.05. The molecule has 104 valence electrons. The van der Waals surface area contributed by atoms with Gasteiger partial charge in [-0.25, -0.2) is 0 Å². The lowest BCUT2D eigenvalue weighted by atomic mass is 10.1. The van der Waals surface area contributed by atoms with Crippen LogP contribution >= 0.6 is 11.8 Å². The number of benzene rings is 1. The van der Waals surface area contributed by atoms with Gasteiger partial charge in [0, 0.05) is 17.0 Å². The number of nitrogens with one attached hydrogen (secondary N) is 2. The first kappa shape index (κ1) is 14.4. The fraction of sp³-hybridized carbons (Fsp3) is 0.533. The molecule has 1 amide bonds. The fourth-order valence-electron chi connectivity index (χ4n) is 1.99. The van der Waals surface area contributed by atoms with Gasteiger partial charge in [-0.1, -0.05) is 12.1 Å². The normalized spacial score (nSPS) is 17.8. The van der Waals surface area contributed by atoms with Crippen molar-refractivity contribution in [2.45, 2.75) is 49.7 Å². The van der Waals surface area contributed by atoms with E-state index in [1.165, 1.54) is 10.5 Å². The van der Waals surface area contributed by atoms with Gasteiger partial charge in [-0.3, -0.25) is 10.1 Å². The molecule has 0 radical (unpaired) electrons. The van der Waals surface area contributed by atoms with Gasteiger partial charge in [0.2, 0.25) is 5.91 Å². The highest BCUT2D eigenvalue weighted by molar-refractivity contribution is 7.98. The van der Waals surface area contributed by atoms with Gasteiger partial charge in [0.15, 0.2) is 0 Å². The summed E-state index contributed by atoms with van der Waals surface area (Å²) < 4.78 is 0. The molecule has 1 aromatic rings. The molecule has 19 heavy (non-hydrogen) atoms. The maximum atomic E-state index is 11.9. The molecule has 1 saturated carbocycles. The van der Waals surface area contributed by atoms with Crippen molar-refractivity contribution < 1.29 is 4.79 Å². The number of hydrogen-bond donors (Lipinski definition) is 2. The molecule has 2 rings (SSSR count). The topological polar surface area (TPSA) is 41.1 Å². The zero-order valence-corrected chi connectivity index (χ0v) is 12.6. The molecule has 3 nitrogen and oxygen atoms in total. The average Bonchev–Trinajstić information content (AvgIpc) is 3.22. The molecule has 1 fully saturated rings. The Labute approximate surface area is 119 Å². The van der Waals surface area contributed by atoms with Crippen LogP contribution in [-0.2, 0) is 4.79 Å². The average molecular weight is 278 g/mol. The molecule has 1 aliphatic rings. The highest BCUT2D eigenvalue weighted by Crippen LogP contribution is 2.20. The minimum absolute atomic E-state index is 0.107. The molecular formula is C15H22N2OS. The summed E-state index contributed by atoms with van der Waals surface area (Å²) >= 11 is 1.74. The van der Waals surface area contributed by atoms with E-state index in [4.69, 9.17) is 0 Å². The molecule has 4 heteroatoms. The molecule has 1 aromatic carbocycles. The molecule has 0 bridgehead atoms. The van der Waals surface area contributed by atoms with Gasteiger partial charge in [-0.05, 0) is 50.6 Å². The van der Waals surface area contributed by atoms with Gasteiger partial charge in [0.1, 0.15) is 0 Å². The second kappa shape index (κ2) is 6.44. The van der Waals surface area contributed by atoms with E-state index in [1.807, 2.05) is 6.92 Å². The number of amides is 1. The van der Waals surface area contributed by atoms with Crippen LogP contribution < -0.4 is 10.6 Å². The van der Waals surface area contributed by atoms with Gasteiger partial charge in [-0.15, -0.1) is 11.8 Å². The summed E-state index contributed by atoms with van der Waals surface area (Å²) in [5, 5.41) is 6.37. The Morgan fingerprint density at radius 1 is 1.26 bits per heavy atom. The van der Waals surface area contributed by atoms with E-state index in [1.54, 1.807) is 11.8 Å². The third-order valence-electron chi connectivity index (χ3n) is 3.43. The Kier molecular flexibility index (Phi) is 4.88. The van der Waals surface area contributed by atoms with E-state index in [0.29, 0.717) is 6.04 Å². The Morgan fingerprint density at radius 2 is 1.89 bits per heavy atom. The van der Waals surface area contributed by atoms with Crippen molar-refractivity contribution in [3.05, 3.63) is 29.8 Å². The summed E-state index contributed by atoms with van der Waals surface area (Å²) in [5.41, 5.74) is 1.21. The van der Waals surface area contributed by atoms with Crippen LogP contribution in [0.5, 0.6) is 0 Å². The summed E-state index contributed by atoms with van der Waals surface area (Å²) in [5.74, 6) is 0.107. The molecule has 0 saturated heterocycles. The van der Waals surface area contributed by atoms with Gasteiger partial charge < -0.3 is 5.32 Å². The van der Waals surface area contributed by atoms with Crippen molar-refractivity contribution in [1.82, 2.24) is 10.6 Å². The van der Waals surface area contributed by atoms with E-state index in [9.17, 15) is 4.79 Å². The largest absolute Gasteiger partial charge is 0.352 e. The summed E-state index contributed by atoms with van der Waals surface area (Å²) in [4.78, 5) is 13.1. The van der Waals surface area contributed by atoms with Crippen LogP contribution in [0.1, 0.15) is 38.3 Å². The number of carbonyl (C=O) groups is 1. The summed E-state index contributed by atoms with van der Waals surface area (Å²) in [6, 6.07) is 8.92. The van der Waals surface area contributed by atoms with Crippen molar-refractivity contribution >= 4 is 17.7 Å². The highest BCUT2D eigenvalue weighted by atomic mass is 32.2. The SMILES string of the molecule is CSc1ccc(C(C)NC(C)C(=O)NC2CC2)cc1. The van der Waals surface area contributed by atoms with Crippen molar-refractivity contribution in [1.29, 1.82) is 0 Å². The van der Waals surface area contributed by atoms with E-state index in [0.717, 1.165) is 12.8 Å². The lowest BCUT2D eigenvalue weighted by Crippen LogP contribution is -2.43. The molecule has 0 aliphatic heterocycles. The first-order valence-corrected chi connectivity index (χ1v) is 8.03. The Morgan fingerprint density at radius 3 is 2.42 bits per heavy atom. The second-order valence-electron chi connectivity index (χ2n) is 5.17. The lowest BCUT2D eigenvalue weighted by Gasteiger charge is -2.20. The number of hydrogen-bond acceptors (Lipinski definition) is 3. The summed E-state index contributed by atoms with van der Waals surface area (Å²) in [6.45, 7) is 4.01.